The van der Waals surface area contributed by atoms with Crippen LogP contribution in [0, 0.1) is 5.82 Å². The highest BCUT2D eigenvalue weighted by molar-refractivity contribution is 6.30. The molecule has 2 amide bonds. The van der Waals surface area contributed by atoms with E-state index in [1.54, 1.807) is 0 Å². The van der Waals surface area contributed by atoms with Gasteiger partial charge in [-0.15, -0.1) is 0 Å². The van der Waals surface area contributed by atoms with Crippen LogP contribution in [0.4, 0.5) is 38.7 Å². The Hall–Kier alpha value is -3.08. The van der Waals surface area contributed by atoms with E-state index < -0.39 is 47.7 Å². The molecular weight excluding hydrogens is 410 g/mol. The second kappa shape index (κ2) is 6.82. The average Bonchev–Trinajstić information content (AvgIpc) is 2.59. The monoisotopic (exact) mass is 419 g/mol. The van der Waals surface area contributed by atoms with Gasteiger partial charge < -0.3 is 9.84 Å². The molecule has 1 aliphatic rings. The summed E-state index contributed by atoms with van der Waals surface area (Å²) in [5.74, 6) is -1.18. The largest absolute Gasteiger partial charge is 0.465 e. The molecule has 2 N–H and O–H groups in total. The fourth-order valence-corrected chi connectivity index (χ4v) is 2.87. The van der Waals surface area contributed by atoms with Crippen molar-refractivity contribution in [2.45, 2.75) is 11.8 Å². The second-order valence-corrected chi connectivity index (χ2v) is 6.17. The number of rotatable bonds is 3. The number of carbonyl (C=O) groups excluding carboxylic acids is 1. The Labute approximate surface area is 159 Å². The van der Waals surface area contributed by atoms with Gasteiger partial charge in [-0.05, 0) is 30.3 Å². The van der Waals surface area contributed by atoms with E-state index >= 15 is 0 Å². The molecule has 1 aromatic heterocycles. The second-order valence-electron chi connectivity index (χ2n) is 5.73. The fraction of sp³-hybridized carbons (Fsp3) is 0.188. The van der Waals surface area contributed by atoms with Gasteiger partial charge in [0.05, 0.1) is 17.1 Å². The molecule has 3 rings (SSSR count). The van der Waals surface area contributed by atoms with Gasteiger partial charge in [-0.1, -0.05) is 11.6 Å². The lowest BCUT2D eigenvalue weighted by Gasteiger charge is -2.41. The minimum absolute atomic E-state index is 0.184. The van der Waals surface area contributed by atoms with E-state index in [1.807, 2.05) is 5.32 Å². The summed E-state index contributed by atoms with van der Waals surface area (Å²) in [6.45, 7) is -1.36. The Morgan fingerprint density at radius 3 is 2.54 bits per heavy atom. The first-order chi connectivity index (χ1) is 13.0. The summed E-state index contributed by atoms with van der Waals surface area (Å²) >= 11 is 5.75. The molecule has 0 aliphatic carbocycles. The Kier molecular flexibility index (Phi) is 4.79. The zero-order valence-electron chi connectivity index (χ0n) is 13.6. The van der Waals surface area contributed by atoms with E-state index in [0.717, 1.165) is 36.5 Å². The van der Waals surface area contributed by atoms with Crippen LogP contribution in [0.25, 0.3) is 0 Å². The third-order valence-electron chi connectivity index (χ3n) is 3.98. The molecule has 0 radical (unpaired) electrons. The summed E-state index contributed by atoms with van der Waals surface area (Å²) in [4.78, 5) is 27.4. The van der Waals surface area contributed by atoms with E-state index in [9.17, 15) is 32.3 Å². The molecule has 1 unspecified atom stereocenters. The standard InChI is InChI=1S/C16H10ClF4N3O4/c17-8-5-11-12(22-6-8)23-13(25)28-15(11,16(19,20)21)7-24(14(26)27)10-3-1-9(18)2-4-10/h1-6H,7H2,(H,26,27)(H,22,23,25). The predicted octanol–water partition coefficient (Wildman–Crippen LogP) is 4.38. The quantitative estimate of drug-likeness (QED) is 0.720. The van der Waals surface area contributed by atoms with Gasteiger partial charge in [0, 0.05) is 11.9 Å². The predicted molar refractivity (Wildman–Crippen MR) is 88.9 cm³/mol. The normalized spacial score (nSPS) is 18.7. The zero-order valence-corrected chi connectivity index (χ0v) is 14.4. The third-order valence-corrected chi connectivity index (χ3v) is 4.19. The van der Waals surface area contributed by atoms with Crippen LogP contribution in [0.1, 0.15) is 5.56 Å². The maximum atomic E-state index is 14.1. The summed E-state index contributed by atoms with van der Waals surface area (Å²) in [6, 6.07) is 4.60. The highest BCUT2D eigenvalue weighted by Gasteiger charge is 2.64. The molecule has 1 aromatic carbocycles. The van der Waals surface area contributed by atoms with Crippen molar-refractivity contribution >= 4 is 35.3 Å². The van der Waals surface area contributed by atoms with Crippen LogP contribution >= 0.6 is 11.6 Å². The number of alkyl halides is 3. The summed E-state index contributed by atoms with van der Waals surface area (Å²) in [5.41, 5.74) is -4.32. The molecule has 0 saturated heterocycles. The molecule has 0 fully saturated rings. The lowest BCUT2D eigenvalue weighted by Crippen LogP contribution is -2.57. The van der Waals surface area contributed by atoms with Gasteiger partial charge in [0.25, 0.3) is 5.60 Å². The number of halogens is 5. The van der Waals surface area contributed by atoms with E-state index in [0.29, 0.717) is 0 Å². The number of fused-ring (bicyclic) bond motifs is 1. The highest BCUT2D eigenvalue weighted by Crippen LogP contribution is 2.48. The SMILES string of the molecule is O=C1Nc2ncc(Cl)cc2C(CN(C(=O)O)c2ccc(F)cc2)(C(F)(F)F)O1. The summed E-state index contributed by atoms with van der Waals surface area (Å²) in [6.07, 6.45) is -7.47. The van der Waals surface area contributed by atoms with Crippen LogP contribution in [0.15, 0.2) is 36.5 Å². The van der Waals surface area contributed by atoms with Gasteiger partial charge in [-0.2, -0.15) is 13.2 Å². The molecule has 7 nitrogen and oxygen atoms in total. The van der Waals surface area contributed by atoms with E-state index in [-0.39, 0.29) is 15.6 Å². The van der Waals surface area contributed by atoms with Crippen molar-refractivity contribution in [2.75, 3.05) is 16.8 Å². The van der Waals surface area contributed by atoms with Crippen molar-refractivity contribution < 1.29 is 37.0 Å². The third kappa shape index (κ3) is 3.40. The van der Waals surface area contributed by atoms with Crippen LogP contribution in [0.2, 0.25) is 5.02 Å². The first-order valence-electron chi connectivity index (χ1n) is 7.52. The number of aromatic nitrogens is 1. The van der Waals surface area contributed by atoms with E-state index in [1.165, 1.54) is 0 Å². The number of benzene rings is 1. The van der Waals surface area contributed by atoms with Crippen molar-refractivity contribution in [2.24, 2.45) is 0 Å². The molecule has 2 aromatic rings. The number of anilines is 2. The number of cyclic esters (lactones) is 1. The molecule has 12 heteroatoms. The number of amides is 2. The Bertz CT molecular complexity index is 938. The Morgan fingerprint density at radius 2 is 1.96 bits per heavy atom. The molecule has 1 aliphatic heterocycles. The molecule has 1 atom stereocenters. The van der Waals surface area contributed by atoms with Gasteiger partial charge in [0.2, 0.25) is 0 Å². The first kappa shape index (κ1) is 19.7. The molecule has 0 spiro atoms. The Morgan fingerprint density at radius 1 is 1.32 bits per heavy atom. The van der Waals surface area contributed by atoms with Crippen LogP contribution < -0.4 is 10.2 Å². The zero-order chi connectivity index (χ0) is 20.7. The molecule has 0 bridgehead atoms. The van der Waals surface area contributed by atoms with E-state index in [2.05, 4.69) is 9.72 Å². The summed E-state index contributed by atoms with van der Waals surface area (Å²) in [7, 11) is 0. The summed E-state index contributed by atoms with van der Waals surface area (Å²) < 4.78 is 60.1. The number of ether oxygens (including phenoxy) is 1. The minimum atomic E-state index is -5.24. The van der Waals surface area contributed by atoms with Crippen LogP contribution in [-0.2, 0) is 10.3 Å². The highest BCUT2D eigenvalue weighted by atomic mass is 35.5. The van der Waals surface area contributed by atoms with Crippen LogP contribution in [-0.4, -0.2) is 35.0 Å². The molecule has 2 heterocycles. The van der Waals surface area contributed by atoms with Crippen molar-refractivity contribution in [1.82, 2.24) is 4.98 Å². The number of carbonyl (C=O) groups is 2. The lowest BCUT2D eigenvalue weighted by atomic mass is 9.91. The van der Waals surface area contributed by atoms with E-state index in [4.69, 9.17) is 11.6 Å². The number of nitrogens with zero attached hydrogens (tertiary/aromatic N) is 2. The molecule has 148 valence electrons. The van der Waals surface area contributed by atoms with Gasteiger partial charge in [0.15, 0.2) is 0 Å². The van der Waals surface area contributed by atoms with Crippen molar-refractivity contribution in [3.05, 3.63) is 52.9 Å². The van der Waals surface area contributed by atoms with Crippen molar-refractivity contribution in [1.29, 1.82) is 0 Å². The van der Waals surface area contributed by atoms with Crippen LogP contribution in [0.3, 0.4) is 0 Å². The van der Waals surface area contributed by atoms with Gasteiger partial charge in [-0.3, -0.25) is 10.2 Å². The number of pyridine rings is 1. The number of hydrogen-bond acceptors (Lipinski definition) is 4. The fourth-order valence-electron chi connectivity index (χ4n) is 2.71. The van der Waals surface area contributed by atoms with Gasteiger partial charge in [-0.25, -0.2) is 19.0 Å². The minimum Gasteiger partial charge on any atom is -0.465 e. The number of hydrogen-bond donors (Lipinski definition) is 2. The molecule has 0 saturated carbocycles. The Balaban J connectivity index is 2.18. The molecular formula is C16H10ClF4N3O4. The summed E-state index contributed by atoms with van der Waals surface area (Å²) in [5, 5.41) is 11.3. The lowest BCUT2D eigenvalue weighted by molar-refractivity contribution is -0.260. The maximum absolute atomic E-state index is 14.1. The average molecular weight is 420 g/mol. The molecule has 28 heavy (non-hydrogen) atoms. The van der Waals surface area contributed by atoms with Gasteiger partial charge in [0.1, 0.15) is 11.6 Å². The smallest absolute Gasteiger partial charge is 0.434 e. The first-order valence-corrected chi connectivity index (χ1v) is 7.90. The van der Waals surface area contributed by atoms with Crippen molar-refractivity contribution in [3.63, 3.8) is 0 Å². The number of nitrogens with one attached hydrogen (secondary N) is 1. The van der Waals surface area contributed by atoms with Crippen LogP contribution in [0.5, 0.6) is 0 Å². The topological polar surface area (TPSA) is 91.8 Å². The van der Waals surface area contributed by atoms with Gasteiger partial charge >= 0.3 is 18.4 Å². The number of carboxylic acid groups (broad SMARTS) is 1. The van der Waals surface area contributed by atoms with Crippen molar-refractivity contribution in [3.8, 4) is 0 Å². The maximum Gasteiger partial charge on any atom is 0.434 e.